The molecule has 0 heterocycles. The van der Waals surface area contributed by atoms with Gasteiger partial charge in [-0.1, -0.05) is 45.9 Å². The lowest BCUT2D eigenvalue weighted by atomic mass is 9.93. The summed E-state index contributed by atoms with van der Waals surface area (Å²) < 4.78 is 0. The van der Waals surface area contributed by atoms with Gasteiger partial charge in [0.25, 0.3) is 0 Å². The van der Waals surface area contributed by atoms with Gasteiger partial charge < -0.3 is 10.6 Å². The van der Waals surface area contributed by atoms with Crippen LogP contribution in [0.3, 0.4) is 0 Å². The summed E-state index contributed by atoms with van der Waals surface area (Å²) in [5.41, 5.74) is 11.9. The number of anilines is 1. The second kappa shape index (κ2) is 7.52. The molecule has 2 N–H and O–H groups in total. The molecule has 0 bridgehead atoms. The Morgan fingerprint density at radius 3 is 1.79 bits per heavy atom. The van der Waals surface area contributed by atoms with E-state index in [1.165, 1.54) is 11.1 Å². The molecule has 0 spiro atoms. The van der Waals surface area contributed by atoms with Gasteiger partial charge in [0.05, 0.1) is 5.69 Å². The average Bonchev–Trinajstić information content (AvgIpc) is 2.54. The van der Waals surface area contributed by atoms with Crippen LogP contribution in [-0.2, 0) is 0 Å². The van der Waals surface area contributed by atoms with E-state index in [-0.39, 0.29) is 0 Å². The second-order valence-electron chi connectivity index (χ2n) is 7.03. The average molecular weight is 323 g/mol. The van der Waals surface area contributed by atoms with Crippen LogP contribution in [0.2, 0.25) is 0 Å². The van der Waals surface area contributed by atoms with Crippen molar-refractivity contribution in [3.63, 3.8) is 0 Å². The van der Waals surface area contributed by atoms with Gasteiger partial charge >= 0.3 is 0 Å². The fourth-order valence-corrected chi connectivity index (χ4v) is 2.76. The van der Waals surface area contributed by atoms with E-state index < -0.39 is 0 Å². The standard InChI is InChI=1S/C21H29N3/c1-14(2)18-8-7-9-19(15(3)4)20(18)23-21(22)16-10-12-17(13-11-16)24(5)6/h7-15H,1-6H3,(H2,22,23). The molecule has 0 aliphatic carbocycles. The van der Waals surface area contributed by atoms with Crippen molar-refractivity contribution >= 4 is 17.2 Å². The molecule has 3 heteroatoms. The van der Waals surface area contributed by atoms with E-state index in [0.29, 0.717) is 17.7 Å². The minimum atomic E-state index is 0.409. The van der Waals surface area contributed by atoms with Crippen LogP contribution in [0.15, 0.2) is 47.5 Å². The number of hydrogen-bond acceptors (Lipinski definition) is 2. The second-order valence-corrected chi connectivity index (χ2v) is 7.03. The van der Waals surface area contributed by atoms with Crippen LogP contribution in [0, 0.1) is 0 Å². The fourth-order valence-electron chi connectivity index (χ4n) is 2.76. The number of nitrogens with two attached hydrogens (primary N) is 1. The fraction of sp³-hybridized carbons (Fsp3) is 0.381. The molecule has 0 aliphatic rings. The van der Waals surface area contributed by atoms with Crippen LogP contribution >= 0.6 is 0 Å². The molecule has 2 aromatic carbocycles. The molecule has 0 atom stereocenters. The summed E-state index contributed by atoms with van der Waals surface area (Å²) in [6.45, 7) is 8.78. The van der Waals surface area contributed by atoms with Gasteiger partial charge in [-0.3, -0.25) is 0 Å². The van der Waals surface area contributed by atoms with E-state index in [1.54, 1.807) is 0 Å². The molecular weight excluding hydrogens is 294 g/mol. The van der Waals surface area contributed by atoms with Crippen molar-refractivity contribution in [1.82, 2.24) is 0 Å². The van der Waals surface area contributed by atoms with Crippen molar-refractivity contribution in [2.75, 3.05) is 19.0 Å². The number of para-hydroxylation sites is 1. The quantitative estimate of drug-likeness (QED) is 0.619. The van der Waals surface area contributed by atoms with Gasteiger partial charge in [0.15, 0.2) is 0 Å². The predicted molar refractivity (Wildman–Crippen MR) is 106 cm³/mol. The van der Waals surface area contributed by atoms with Gasteiger partial charge in [-0.05, 0) is 47.2 Å². The molecule has 24 heavy (non-hydrogen) atoms. The zero-order valence-corrected chi connectivity index (χ0v) is 15.7. The third kappa shape index (κ3) is 3.97. The Labute approximate surface area is 146 Å². The van der Waals surface area contributed by atoms with Gasteiger partial charge in [0, 0.05) is 25.3 Å². The van der Waals surface area contributed by atoms with Crippen LogP contribution in [0.5, 0.6) is 0 Å². The van der Waals surface area contributed by atoms with E-state index in [2.05, 4.69) is 62.9 Å². The largest absolute Gasteiger partial charge is 0.383 e. The number of aliphatic imine (C=N–C) groups is 1. The highest BCUT2D eigenvalue weighted by atomic mass is 15.1. The van der Waals surface area contributed by atoms with Crippen LogP contribution in [-0.4, -0.2) is 19.9 Å². The van der Waals surface area contributed by atoms with E-state index in [1.807, 2.05) is 26.2 Å². The number of hydrogen-bond donors (Lipinski definition) is 1. The lowest BCUT2D eigenvalue weighted by Crippen LogP contribution is -2.14. The molecular formula is C21H29N3. The first-order valence-corrected chi connectivity index (χ1v) is 8.56. The highest BCUT2D eigenvalue weighted by Gasteiger charge is 2.14. The molecule has 0 aliphatic heterocycles. The molecule has 0 saturated heterocycles. The van der Waals surface area contributed by atoms with Crippen molar-refractivity contribution < 1.29 is 0 Å². The van der Waals surface area contributed by atoms with E-state index in [0.717, 1.165) is 16.9 Å². The van der Waals surface area contributed by atoms with Crippen LogP contribution < -0.4 is 10.6 Å². The summed E-state index contributed by atoms with van der Waals surface area (Å²) >= 11 is 0. The number of rotatable bonds is 5. The number of benzene rings is 2. The molecule has 2 rings (SSSR count). The van der Waals surface area contributed by atoms with E-state index in [4.69, 9.17) is 10.7 Å². The Balaban J connectivity index is 2.49. The molecule has 0 fully saturated rings. The minimum absolute atomic E-state index is 0.409. The molecule has 0 saturated carbocycles. The lowest BCUT2D eigenvalue weighted by Gasteiger charge is -2.17. The molecule has 0 amide bonds. The third-order valence-electron chi connectivity index (χ3n) is 4.25. The van der Waals surface area contributed by atoms with Crippen molar-refractivity contribution in [3.05, 3.63) is 59.2 Å². The maximum atomic E-state index is 6.33. The number of nitrogens with zero attached hydrogens (tertiary/aromatic N) is 2. The SMILES string of the molecule is CC(C)c1cccc(C(C)C)c1N=C(N)c1ccc(N(C)C)cc1. The predicted octanol–water partition coefficient (Wildman–Crippen LogP) is 5.04. The molecule has 0 aromatic heterocycles. The van der Waals surface area contributed by atoms with Crippen molar-refractivity contribution in [2.24, 2.45) is 10.7 Å². The van der Waals surface area contributed by atoms with Gasteiger partial charge in [-0.15, -0.1) is 0 Å². The summed E-state index contributed by atoms with van der Waals surface area (Å²) in [6, 6.07) is 14.6. The zero-order valence-electron chi connectivity index (χ0n) is 15.7. The van der Waals surface area contributed by atoms with Crippen LogP contribution in [0.1, 0.15) is 56.2 Å². The summed E-state index contributed by atoms with van der Waals surface area (Å²) in [5.74, 6) is 1.38. The Bertz CT molecular complexity index is 684. The molecule has 0 unspecified atom stereocenters. The third-order valence-corrected chi connectivity index (χ3v) is 4.25. The van der Waals surface area contributed by atoms with Crippen molar-refractivity contribution in [1.29, 1.82) is 0 Å². The first kappa shape index (κ1) is 18.1. The highest BCUT2D eigenvalue weighted by molar-refractivity contribution is 5.99. The summed E-state index contributed by atoms with van der Waals surface area (Å²) in [7, 11) is 4.06. The monoisotopic (exact) mass is 323 g/mol. The summed E-state index contributed by atoms with van der Waals surface area (Å²) in [5, 5.41) is 0. The minimum Gasteiger partial charge on any atom is -0.383 e. The molecule has 128 valence electrons. The normalized spacial score (nSPS) is 12.1. The van der Waals surface area contributed by atoms with Crippen LogP contribution in [0.4, 0.5) is 11.4 Å². The van der Waals surface area contributed by atoms with E-state index in [9.17, 15) is 0 Å². The van der Waals surface area contributed by atoms with Gasteiger partial charge in [0.1, 0.15) is 5.84 Å². The first-order chi connectivity index (χ1) is 11.3. The van der Waals surface area contributed by atoms with Gasteiger partial charge in [0.2, 0.25) is 0 Å². The Kier molecular flexibility index (Phi) is 5.66. The maximum Gasteiger partial charge on any atom is 0.131 e. The lowest BCUT2D eigenvalue weighted by molar-refractivity contribution is 0.834. The Morgan fingerprint density at radius 2 is 1.38 bits per heavy atom. The van der Waals surface area contributed by atoms with Gasteiger partial charge in [-0.25, -0.2) is 4.99 Å². The maximum absolute atomic E-state index is 6.33. The summed E-state index contributed by atoms with van der Waals surface area (Å²) in [6.07, 6.45) is 0. The number of amidine groups is 1. The smallest absolute Gasteiger partial charge is 0.131 e. The van der Waals surface area contributed by atoms with E-state index >= 15 is 0 Å². The van der Waals surface area contributed by atoms with Gasteiger partial charge in [-0.2, -0.15) is 0 Å². The molecule has 0 radical (unpaired) electrons. The van der Waals surface area contributed by atoms with Crippen molar-refractivity contribution in [3.8, 4) is 0 Å². The highest BCUT2D eigenvalue weighted by Crippen LogP contribution is 2.35. The zero-order chi connectivity index (χ0) is 17.9. The van der Waals surface area contributed by atoms with Crippen LogP contribution in [0.25, 0.3) is 0 Å². The molecule has 3 nitrogen and oxygen atoms in total. The Hall–Kier alpha value is -2.29. The Morgan fingerprint density at radius 1 is 0.875 bits per heavy atom. The first-order valence-electron chi connectivity index (χ1n) is 8.56. The molecule has 2 aromatic rings. The topological polar surface area (TPSA) is 41.6 Å². The van der Waals surface area contributed by atoms with Crippen molar-refractivity contribution in [2.45, 2.75) is 39.5 Å². The summed E-state index contributed by atoms with van der Waals surface area (Å²) in [4.78, 5) is 6.90.